The Morgan fingerprint density at radius 1 is 1.26 bits per heavy atom. The highest BCUT2D eigenvalue weighted by Gasteiger charge is 2.38. The van der Waals surface area contributed by atoms with E-state index in [1.165, 1.54) is 0 Å². The third-order valence-corrected chi connectivity index (χ3v) is 3.08. The van der Waals surface area contributed by atoms with Crippen molar-refractivity contribution in [2.75, 3.05) is 18.0 Å². The van der Waals surface area contributed by atoms with Gasteiger partial charge in [0.15, 0.2) is 0 Å². The second kappa shape index (κ2) is 4.49. The van der Waals surface area contributed by atoms with Gasteiger partial charge in [-0.1, -0.05) is 0 Å². The molecule has 0 spiro atoms. The number of nitrogens with two attached hydrogens (primary N) is 1. The molecule has 0 aromatic carbocycles. The zero-order valence-electron chi connectivity index (χ0n) is 12.0. The molecule has 5 nitrogen and oxygen atoms in total. The zero-order valence-corrected chi connectivity index (χ0v) is 12.0. The van der Waals surface area contributed by atoms with E-state index in [0.717, 1.165) is 18.8 Å². The molecule has 1 aromatic rings. The van der Waals surface area contributed by atoms with Gasteiger partial charge in [-0.2, -0.15) is 0 Å². The molecule has 1 fully saturated rings. The summed E-state index contributed by atoms with van der Waals surface area (Å²) in [4.78, 5) is 6.48. The number of nitrogens with one attached hydrogen (secondary N) is 1. The summed E-state index contributed by atoms with van der Waals surface area (Å²) in [6.45, 7) is 10.0. The van der Waals surface area contributed by atoms with Crippen LogP contribution in [0.5, 0.6) is 0 Å². The predicted molar refractivity (Wildman–Crippen MR) is 76.7 cm³/mol. The van der Waals surface area contributed by atoms with Crippen LogP contribution in [-0.2, 0) is 4.74 Å². The fraction of sp³-hybridized carbons (Fsp3) is 0.571. The molecular formula is C14H22N4O. The number of morpholine rings is 1. The molecule has 2 rings (SSSR count). The number of hydrogen-bond acceptors (Lipinski definition) is 4. The summed E-state index contributed by atoms with van der Waals surface area (Å²) in [6.07, 6.45) is 1.77. The molecule has 0 saturated carbocycles. The van der Waals surface area contributed by atoms with Crippen molar-refractivity contribution in [3.63, 3.8) is 0 Å². The normalized spacial score (nSPS) is 21.2. The van der Waals surface area contributed by atoms with Crippen molar-refractivity contribution in [1.29, 1.82) is 5.41 Å². The lowest BCUT2D eigenvalue weighted by atomic mass is 9.98. The third kappa shape index (κ3) is 3.23. The van der Waals surface area contributed by atoms with Gasteiger partial charge < -0.3 is 15.4 Å². The number of amidine groups is 1. The number of anilines is 1. The van der Waals surface area contributed by atoms with E-state index in [0.29, 0.717) is 5.69 Å². The van der Waals surface area contributed by atoms with Crippen LogP contribution in [0.25, 0.3) is 0 Å². The van der Waals surface area contributed by atoms with Crippen molar-refractivity contribution >= 4 is 11.5 Å². The van der Waals surface area contributed by atoms with Crippen molar-refractivity contribution < 1.29 is 4.74 Å². The van der Waals surface area contributed by atoms with Crippen LogP contribution in [0, 0.1) is 5.41 Å². The van der Waals surface area contributed by atoms with Crippen LogP contribution >= 0.6 is 0 Å². The van der Waals surface area contributed by atoms with Gasteiger partial charge in [0, 0.05) is 13.1 Å². The SMILES string of the molecule is CC1(C)CN(c2ccc(C(=N)N)nc2)CC(C)(C)O1. The van der Waals surface area contributed by atoms with Gasteiger partial charge in [-0.05, 0) is 39.8 Å². The minimum absolute atomic E-state index is 0.00538. The van der Waals surface area contributed by atoms with Gasteiger partial charge in [0.1, 0.15) is 11.5 Å². The molecule has 1 aliphatic heterocycles. The van der Waals surface area contributed by atoms with E-state index in [1.807, 2.05) is 6.07 Å². The molecule has 104 valence electrons. The van der Waals surface area contributed by atoms with Crippen LogP contribution in [0.15, 0.2) is 18.3 Å². The number of pyridine rings is 1. The lowest BCUT2D eigenvalue weighted by Crippen LogP contribution is -2.57. The predicted octanol–water partition coefficient (Wildman–Crippen LogP) is 1.76. The van der Waals surface area contributed by atoms with Crippen molar-refractivity contribution in [3.05, 3.63) is 24.0 Å². The standard InChI is InChI=1S/C14H22N4O/c1-13(2)8-18(9-14(3,4)19-13)10-5-6-11(12(15)16)17-7-10/h5-7H,8-9H2,1-4H3,(H3,15,16). The highest BCUT2D eigenvalue weighted by Crippen LogP contribution is 2.31. The first-order valence-electron chi connectivity index (χ1n) is 6.44. The molecule has 2 heterocycles. The van der Waals surface area contributed by atoms with E-state index in [9.17, 15) is 0 Å². The van der Waals surface area contributed by atoms with E-state index < -0.39 is 0 Å². The van der Waals surface area contributed by atoms with E-state index in [4.69, 9.17) is 15.9 Å². The molecular weight excluding hydrogens is 240 g/mol. The van der Waals surface area contributed by atoms with Gasteiger partial charge in [0.25, 0.3) is 0 Å². The van der Waals surface area contributed by atoms with Crippen molar-refractivity contribution in [2.45, 2.75) is 38.9 Å². The smallest absolute Gasteiger partial charge is 0.141 e. The zero-order chi connectivity index (χ0) is 14.3. The second-order valence-electron chi connectivity index (χ2n) is 6.29. The Hall–Kier alpha value is -1.62. The Morgan fingerprint density at radius 3 is 2.26 bits per heavy atom. The topological polar surface area (TPSA) is 75.2 Å². The number of ether oxygens (including phenoxy) is 1. The van der Waals surface area contributed by atoms with Gasteiger partial charge in [-0.15, -0.1) is 0 Å². The molecule has 1 aromatic heterocycles. The number of rotatable bonds is 2. The summed E-state index contributed by atoms with van der Waals surface area (Å²) in [6, 6.07) is 3.74. The third-order valence-electron chi connectivity index (χ3n) is 3.08. The van der Waals surface area contributed by atoms with Crippen LogP contribution in [0.4, 0.5) is 5.69 Å². The van der Waals surface area contributed by atoms with Gasteiger partial charge in [-0.25, -0.2) is 0 Å². The fourth-order valence-electron chi connectivity index (χ4n) is 2.70. The summed E-state index contributed by atoms with van der Waals surface area (Å²) in [5.41, 5.74) is 6.58. The van der Waals surface area contributed by atoms with E-state index in [2.05, 4.69) is 37.6 Å². The maximum Gasteiger partial charge on any atom is 0.141 e. The highest BCUT2D eigenvalue weighted by atomic mass is 16.5. The van der Waals surface area contributed by atoms with Crippen LogP contribution < -0.4 is 10.6 Å². The fourth-order valence-corrected chi connectivity index (χ4v) is 2.70. The monoisotopic (exact) mass is 262 g/mol. The minimum Gasteiger partial charge on any atom is -0.382 e. The van der Waals surface area contributed by atoms with Crippen LogP contribution in [0.3, 0.4) is 0 Å². The average Bonchev–Trinajstić information content (AvgIpc) is 2.25. The van der Waals surface area contributed by atoms with Gasteiger partial charge in [0.05, 0.1) is 23.1 Å². The molecule has 1 aliphatic rings. The van der Waals surface area contributed by atoms with Gasteiger partial charge in [-0.3, -0.25) is 10.4 Å². The molecule has 0 aliphatic carbocycles. The van der Waals surface area contributed by atoms with Crippen molar-refractivity contribution in [1.82, 2.24) is 4.98 Å². The van der Waals surface area contributed by atoms with Gasteiger partial charge >= 0.3 is 0 Å². The Bertz CT molecular complexity index is 463. The van der Waals surface area contributed by atoms with Crippen LogP contribution in [0.1, 0.15) is 33.4 Å². The molecule has 0 bridgehead atoms. The number of nitrogens with zero attached hydrogens (tertiary/aromatic N) is 2. The summed E-state index contributed by atoms with van der Waals surface area (Å²) < 4.78 is 6.06. The van der Waals surface area contributed by atoms with Crippen LogP contribution in [0.2, 0.25) is 0 Å². The molecule has 0 amide bonds. The summed E-state index contributed by atoms with van der Waals surface area (Å²) in [5.74, 6) is -0.00538. The number of nitrogen functional groups attached to an aromatic ring is 1. The molecule has 3 N–H and O–H groups in total. The Kier molecular flexibility index (Phi) is 3.26. The average molecular weight is 262 g/mol. The summed E-state index contributed by atoms with van der Waals surface area (Å²) >= 11 is 0. The molecule has 0 unspecified atom stereocenters. The summed E-state index contributed by atoms with van der Waals surface area (Å²) in [7, 11) is 0. The first kappa shape index (κ1) is 13.8. The maximum atomic E-state index is 7.36. The minimum atomic E-state index is -0.193. The van der Waals surface area contributed by atoms with E-state index in [-0.39, 0.29) is 17.0 Å². The molecule has 5 heteroatoms. The lowest BCUT2D eigenvalue weighted by Gasteiger charge is -2.48. The Labute approximate surface area is 114 Å². The quantitative estimate of drug-likeness (QED) is 0.629. The Balaban J connectivity index is 2.23. The largest absolute Gasteiger partial charge is 0.382 e. The highest BCUT2D eigenvalue weighted by molar-refractivity contribution is 5.93. The first-order valence-corrected chi connectivity index (χ1v) is 6.44. The maximum absolute atomic E-state index is 7.36. The van der Waals surface area contributed by atoms with E-state index >= 15 is 0 Å². The Morgan fingerprint density at radius 2 is 1.84 bits per heavy atom. The van der Waals surface area contributed by atoms with E-state index in [1.54, 1.807) is 12.3 Å². The molecule has 19 heavy (non-hydrogen) atoms. The first-order chi connectivity index (χ1) is 8.69. The number of hydrogen-bond donors (Lipinski definition) is 2. The molecule has 0 atom stereocenters. The van der Waals surface area contributed by atoms with Crippen LogP contribution in [-0.4, -0.2) is 35.1 Å². The summed E-state index contributed by atoms with van der Waals surface area (Å²) in [5, 5.41) is 7.36. The second-order valence-corrected chi connectivity index (χ2v) is 6.29. The van der Waals surface area contributed by atoms with Crippen molar-refractivity contribution in [3.8, 4) is 0 Å². The molecule has 0 radical (unpaired) electrons. The van der Waals surface area contributed by atoms with Gasteiger partial charge in [0.2, 0.25) is 0 Å². The molecule has 1 saturated heterocycles. The number of aromatic nitrogens is 1. The lowest BCUT2D eigenvalue weighted by molar-refractivity contribution is -0.133. The van der Waals surface area contributed by atoms with Crippen molar-refractivity contribution in [2.24, 2.45) is 5.73 Å².